The lowest BCUT2D eigenvalue weighted by Crippen LogP contribution is -2.43. The minimum absolute atomic E-state index is 0.715. The quantitative estimate of drug-likeness (QED) is 0.810. The predicted molar refractivity (Wildman–Crippen MR) is 74.3 cm³/mol. The summed E-state index contributed by atoms with van der Waals surface area (Å²) in [5, 5.41) is 3.89. The van der Waals surface area contributed by atoms with Crippen LogP contribution in [0.3, 0.4) is 0 Å². The fourth-order valence-corrected chi connectivity index (χ4v) is 3.53. The van der Waals surface area contributed by atoms with Gasteiger partial charge in [-0.25, -0.2) is 0 Å². The van der Waals surface area contributed by atoms with Crippen molar-refractivity contribution in [3.63, 3.8) is 0 Å². The maximum atomic E-state index is 3.89. The van der Waals surface area contributed by atoms with Crippen molar-refractivity contribution in [2.24, 2.45) is 5.92 Å². The van der Waals surface area contributed by atoms with Gasteiger partial charge < -0.3 is 5.32 Å². The first-order chi connectivity index (χ1) is 8.16. The Hall–Kier alpha value is -0.0800. The molecule has 2 nitrogen and oxygen atoms in total. The Morgan fingerprint density at radius 2 is 1.71 bits per heavy atom. The Balaban J connectivity index is 1.73. The minimum Gasteiger partial charge on any atom is -0.310 e. The van der Waals surface area contributed by atoms with Gasteiger partial charge >= 0.3 is 0 Å². The summed E-state index contributed by atoms with van der Waals surface area (Å²) in [6.07, 6.45) is 8.63. The molecule has 1 unspecified atom stereocenters. The Morgan fingerprint density at radius 3 is 2.29 bits per heavy atom. The zero-order valence-electron chi connectivity index (χ0n) is 11.9. The van der Waals surface area contributed by atoms with Crippen molar-refractivity contribution in [2.45, 2.75) is 77.4 Å². The molecule has 1 N–H and O–H groups in total. The normalized spacial score (nSPS) is 30.0. The Morgan fingerprint density at radius 1 is 1.00 bits per heavy atom. The molecule has 1 saturated heterocycles. The molecule has 2 heteroatoms. The summed E-state index contributed by atoms with van der Waals surface area (Å²) in [7, 11) is 0. The summed E-state index contributed by atoms with van der Waals surface area (Å²) in [6, 6.07) is 2.19. The molecule has 1 heterocycles. The van der Waals surface area contributed by atoms with E-state index in [9.17, 15) is 0 Å². The van der Waals surface area contributed by atoms with E-state index in [0.717, 1.165) is 18.0 Å². The second-order valence-corrected chi connectivity index (χ2v) is 6.43. The van der Waals surface area contributed by atoms with Gasteiger partial charge in [-0.3, -0.25) is 4.90 Å². The third-order valence-corrected chi connectivity index (χ3v) is 4.81. The molecule has 2 rings (SSSR count). The van der Waals surface area contributed by atoms with Crippen molar-refractivity contribution >= 4 is 0 Å². The van der Waals surface area contributed by atoms with E-state index < -0.39 is 0 Å². The van der Waals surface area contributed by atoms with Crippen LogP contribution in [0.1, 0.15) is 59.3 Å². The van der Waals surface area contributed by atoms with Crippen molar-refractivity contribution in [1.29, 1.82) is 0 Å². The number of nitrogens with zero attached hydrogens (tertiary/aromatic N) is 1. The molecular formula is C15H30N2. The SMILES string of the molecule is CC(C)N1CCC(N[C@@H](C)C2CCCCC2)C1. The zero-order chi connectivity index (χ0) is 12.3. The Kier molecular flexibility index (Phi) is 4.87. The molecular weight excluding hydrogens is 208 g/mol. The maximum Gasteiger partial charge on any atom is 0.0209 e. The average Bonchev–Trinajstić information content (AvgIpc) is 2.79. The highest BCUT2D eigenvalue weighted by molar-refractivity contribution is 4.86. The summed E-state index contributed by atoms with van der Waals surface area (Å²) >= 11 is 0. The van der Waals surface area contributed by atoms with Crippen LogP contribution < -0.4 is 5.32 Å². The summed E-state index contributed by atoms with van der Waals surface area (Å²) in [6.45, 7) is 9.58. The van der Waals surface area contributed by atoms with Gasteiger partial charge in [0.25, 0.3) is 0 Å². The Bertz CT molecular complexity index is 221. The predicted octanol–water partition coefficient (Wildman–Crippen LogP) is 3.03. The van der Waals surface area contributed by atoms with Crippen LogP contribution in [-0.4, -0.2) is 36.1 Å². The molecule has 100 valence electrons. The van der Waals surface area contributed by atoms with E-state index >= 15 is 0 Å². The molecule has 1 saturated carbocycles. The second-order valence-electron chi connectivity index (χ2n) is 6.43. The van der Waals surface area contributed by atoms with E-state index in [1.165, 1.54) is 51.6 Å². The highest BCUT2D eigenvalue weighted by Crippen LogP contribution is 2.27. The molecule has 2 fully saturated rings. The topological polar surface area (TPSA) is 15.3 Å². The number of hydrogen-bond donors (Lipinski definition) is 1. The monoisotopic (exact) mass is 238 g/mol. The van der Waals surface area contributed by atoms with E-state index in [4.69, 9.17) is 0 Å². The zero-order valence-corrected chi connectivity index (χ0v) is 11.9. The molecule has 2 atom stereocenters. The maximum absolute atomic E-state index is 3.89. The van der Waals surface area contributed by atoms with Crippen molar-refractivity contribution in [1.82, 2.24) is 10.2 Å². The fourth-order valence-electron chi connectivity index (χ4n) is 3.53. The van der Waals surface area contributed by atoms with Crippen molar-refractivity contribution in [3.05, 3.63) is 0 Å². The summed E-state index contributed by atoms with van der Waals surface area (Å²) in [5.41, 5.74) is 0. The van der Waals surface area contributed by atoms with Gasteiger partial charge in [-0.05, 0) is 52.5 Å². The average molecular weight is 238 g/mol. The van der Waals surface area contributed by atoms with Crippen LogP contribution in [0.15, 0.2) is 0 Å². The van der Waals surface area contributed by atoms with E-state index in [0.29, 0.717) is 6.04 Å². The first-order valence-corrected chi connectivity index (χ1v) is 7.67. The lowest BCUT2D eigenvalue weighted by Gasteiger charge is -2.31. The van der Waals surface area contributed by atoms with Crippen LogP contribution >= 0.6 is 0 Å². The van der Waals surface area contributed by atoms with Gasteiger partial charge in [0, 0.05) is 24.7 Å². The highest BCUT2D eigenvalue weighted by atomic mass is 15.2. The number of rotatable bonds is 4. The first kappa shape index (κ1) is 13.4. The summed E-state index contributed by atoms with van der Waals surface area (Å²) < 4.78 is 0. The standard InChI is InChI=1S/C15H30N2/c1-12(2)17-10-9-15(11-17)16-13(3)14-7-5-4-6-8-14/h12-16H,4-11H2,1-3H3/t13-,15?/m0/s1. The van der Waals surface area contributed by atoms with Gasteiger partial charge in [0.05, 0.1) is 0 Å². The molecule has 17 heavy (non-hydrogen) atoms. The van der Waals surface area contributed by atoms with Crippen molar-refractivity contribution in [2.75, 3.05) is 13.1 Å². The minimum atomic E-state index is 0.715. The summed E-state index contributed by atoms with van der Waals surface area (Å²) in [5.74, 6) is 0.942. The number of hydrogen-bond acceptors (Lipinski definition) is 2. The third-order valence-electron chi connectivity index (χ3n) is 4.81. The molecule has 0 spiro atoms. The Labute approximate surface area is 107 Å². The molecule has 0 aromatic carbocycles. The smallest absolute Gasteiger partial charge is 0.0209 e. The molecule has 0 bridgehead atoms. The molecule has 0 radical (unpaired) electrons. The van der Waals surface area contributed by atoms with Crippen LogP contribution in [0.5, 0.6) is 0 Å². The van der Waals surface area contributed by atoms with Crippen LogP contribution in [0, 0.1) is 5.92 Å². The van der Waals surface area contributed by atoms with E-state index in [1.54, 1.807) is 0 Å². The highest BCUT2D eigenvalue weighted by Gasteiger charge is 2.27. The molecule has 1 aliphatic heterocycles. The fraction of sp³-hybridized carbons (Fsp3) is 1.00. The van der Waals surface area contributed by atoms with Gasteiger partial charge in [-0.1, -0.05) is 19.3 Å². The number of likely N-dealkylation sites (tertiary alicyclic amines) is 1. The number of nitrogens with one attached hydrogen (secondary N) is 1. The van der Waals surface area contributed by atoms with Crippen LogP contribution in [0.2, 0.25) is 0 Å². The summed E-state index contributed by atoms with van der Waals surface area (Å²) in [4.78, 5) is 2.60. The van der Waals surface area contributed by atoms with Crippen molar-refractivity contribution < 1.29 is 0 Å². The lowest BCUT2D eigenvalue weighted by atomic mass is 9.84. The van der Waals surface area contributed by atoms with Crippen molar-refractivity contribution in [3.8, 4) is 0 Å². The molecule has 1 aliphatic carbocycles. The van der Waals surface area contributed by atoms with Gasteiger partial charge in [0.15, 0.2) is 0 Å². The van der Waals surface area contributed by atoms with E-state index in [2.05, 4.69) is 31.0 Å². The molecule has 0 amide bonds. The lowest BCUT2D eigenvalue weighted by molar-refractivity contribution is 0.243. The molecule has 0 aromatic heterocycles. The van der Waals surface area contributed by atoms with Gasteiger partial charge in [-0.15, -0.1) is 0 Å². The van der Waals surface area contributed by atoms with E-state index in [1.807, 2.05) is 0 Å². The third kappa shape index (κ3) is 3.69. The van der Waals surface area contributed by atoms with Gasteiger partial charge in [0.2, 0.25) is 0 Å². The molecule has 2 aliphatic rings. The largest absolute Gasteiger partial charge is 0.310 e. The first-order valence-electron chi connectivity index (χ1n) is 7.67. The van der Waals surface area contributed by atoms with E-state index in [-0.39, 0.29) is 0 Å². The van der Waals surface area contributed by atoms with Gasteiger partial charge in [0.1, 0.15) is 0 Å². The molecule has 0 aromatic rings. The van der Waals surface area contributed by atoms with Crippen LogP contribution in [0.25, 0.3) is 0 Å². The van der Waals surface area contributed by atoms with Crippen LogP contribution in [-0.2, 0) is 0 Å². The second kappa shape index (κ2) is 6.19. The van der Waals surface area contributed by atoms with Crippen LogP contribution in [0.4, 0.5) is 0 Å². The van der Waals surface area contributed by atoms with Gasteiger partial charge in [-0.2, -0.15) is 0 Å².